The Balaban J connectivity index is 3.11. The third kappa shape index (κ3) is 3.74. The van der Waals surface area contributed by atoms with Crippen LogP contribution in [0.25, 0.3) is 0 Å². The molecule has 20 heavy (non-hydrogen) atoms. The maximum absolute atomic E-state index is 6.40. The van der Waals surface area contributed by atoms with Gasteiger partial charge in [0, 0.05) is 11.6 Å². The van der Waals surface area contributed by atoms with Crippen LogP contribution in [0.3, 0.4) is 0 Å². The molecule has 0 saturated carbocycles. The molecule has 2 atom stereocenters. The molecule has 2 unspecified atom stereocenters. The Bertz CT molecular complexity index is 400. The van der Waals surface area contributed by atoms with Crippen molar-refractivity contribution in [1.82, 2.24) is 4.90 Å². The van der Waals surface area contributed by atoms with Gasteiger partial charge in [-0.25, -0.2) is 0 Å². The lowest BCUT2D eigenvalue weighted by Gasteiger charge is -2.43. The van der Waals surface area contributed by atoms with E-state index in [9.17, 15) is 0 Å². The van der Waals surface area contributed by atoms with Crippen molar-refractivity contribution in [3.8, 4) is 5.75 Å². The Kier molecular flexibility index (Phi) is 6.03. The summed E-state index contributed by atoms with van der Waals surface area (Å²) in [5.74, 6) is 0.884. The number of rotatable bonds is 7. The minimum absolute atomic E-state index is 0.122. The van der Waals surface area contributed by atoms with Crippen molar-refractivity contribution < 1.29 is 4.74 Å². The molecule has 1 aromatic carbocycles. The fourth-order valence-corrected chi connectivity index (χ4v) is 2.41. The molecule has 0 bridgehead atoms. The van der Waals surface area contributed by atoms with E-state index in [-0.39, 0.29) is 17.6 Å². The summed E-state index contributed by atoms with van der Waals surface area (Å²) >= 11 is 0. The van der Waals surface area contributed by atoms with Gasteiger partial charge in [-0.1, -0.05) is 26.0 Å². The molecule has 3 heteroatoms. The average molecular weight is 278 g/mol. The predicted molar refractivity (Wildman–Crippen MR) is 86.1 cm³/mol. The van der Waals surface area contributed by atoms with Crippen LogP contribution in [-0.2, 0) is 0 Å². The molecule has 0 aromatic heterocycles. The van der Waals surface area contributed by atoms with Gasteiger partial charge >= 0.3 is 0 Å². The van der Waals surface area contributed by atoms with Gasteiger partial charge in [0.25, 0.3) is 0 Å². The molecule has 0 aliphatic rings. The van der Waals surface area contributed by atoms with E-state index in [0.29, 0.717) is 0 Å². The minimum Gasteiger partial charge on any atom is -0.497 e. The van der Waals surface area contributed by atoms with Crippen molar-refractivity contribution in [3.63, 3.8) is 0 Å². The molecule has 0 amide bonds. The van der Waals surface area contributed by atoms with Gasteiger partial charge in [0.1, 0.15) is 5.75 Å². The van der Waals surface area contributed by atoms with Gasteiger partial charge in [-0.05, 0) is 51.4 Å². The molecule has 0 radical (unpaired) electrons. The molecule has 0 aliphatic heterocycles. The monoisotopic (exact) mass is 278 g/mol. The Morgan fingerprint density at radius 3 is 2.15 bits per heavy atom. The van der Waals surface area contributed by atoms with Crippen molar-refractivity contribution in [2.45, 2.75) is 58.2 Å². The number of nitrogens with two attached hydrogens (primary N) is 1. The molecular weight excluding hydrogens is 248 g/mol. The number of hydrogen-bond acceptors (Lipinski definition) is 3. The van der Waals surface area contributed by atoms with E-state index in [4.69, 9.17) is 10.5 Å². The highest BCUT2D eigenvalue weighted by molar-refractivity contribution is 5.30. The molecule has 114 valence electrons. The van der Waals surface area contributed by atoms with Gasteiger partial charge in [0.15, 0.2) is 0 Å². The zero-order valence-electron chi connectivity index (χ0n) is 13.8. The largest absolute Gasteiger partial charge is 0.497 e. The van der Waals surface area contributed by atoms with Crippen LogP contribution in [0.1, 0.15) is 52.1 Å². The first kappa shape index (κ1) is 17.0. The van der Waals surface area contributed by atoms with Crippen LogP contribution >= 0.6 is 0 Å². The number of methoxy groups -OCH3 is 1. The molecule has 0 saturated heterocycles. The SMILES string of the molecule is CCC(N)C(c1ccc(OC)cc1)N(C)C(C)(C)CC. The highest BCUT2D eigenvalue weighted by atomic mass is 16.5. The number of benzene rings is 1. The van der Waals surface area contributed by atoms with Crippen LogP contribution < -0.4 is 10.5 Å². The maximum Gasteiger partial charge on any atom is 0.118 e. The summed E-state index contributed by atoms with van der Waals surface area (Å²) in [6, 6.07) is 8.62. The zero-order chi connectivity index (χ0) is 15.3. The minimum atomic E-state index is 0.122. The molecule has 0 aliphatic carbocycles. The lowest BCUT2D eigenvalue weighted by Crippen LogP contribution is -2.48. The number of likely N-dealkylation sites (N-methyl/N-ethyl adjacent to an activating group) is 1. The van der Waals surface area contributed by atoms with E-state index in [1.54, 1.807) is 7.11 Å². The molecule has 0 spiro atoms. The van der Waals surface area contributed by atoms with Crippen molar-refractivity contribution in [3.05, 3.63) is 29.8 Å². The Morgan fingerprint density at radius 1 is 1.20 bits per heavy atom. The molecule has 1 aromatic rings. The third-order valence-electron chi connectivity index (χ3n) is 4.57. The second-order valence-corrected chi connectivity index (χ2v) is 6.07. The second-order valence-electron chi connectivity index (χ2n) is 6.07. The Hall–Kier alpha value is -1.06. The van der Waals surface area contributed by atoms with Gasteiger partial charge in [-0.15, -0.1) is 0 Å². The first-order valence-electron chi connectivity index (χ1n) is 7.49. The lowest BCUT2D eigenvalue weighted by molar-refractivity contribution is 0.0806. The zero-order valence-corrected chi connectivity index (χ0v) is 13.8. The van der Waals surface area contributed by atoms with Crippen LogP contribution in [0.15, 0.2) is 24.3 Å². The normalized spacial score (nSPS) is 15.2. The lowest BCUT2D eigenvalue weighted by atomic mass is 9.90. The van der Waals surface area contributed by atoms with Crippen LogP contribution in [0.4, 0.5) is 0 Å². The van der Waals surface area contributed by atoms with Crippen molar-refractivity contribution >= 4 is 0 Å². The summed E-state index contributed by atoms with van der Waals surface area (Å²) < 4.78 is 5.24. The third-order valence-corrected chi connectivity index (χ3v) is 4.57. The summed E-state index contributed by atoms with van der Waals surface area (Å²) in [6.45, 7) is 8.91. The average Bonchev–Trinajstić information content (AvgIpc) is 2.47. The van der Waals surface area contributed by atoms with E-state index in [2.05, 4.69) is 51.8 Å². The Morgan fingerprint density at radius 2 is 1.75 bits per heavy atom. The molecule has 3 nitrogen and oxygen atoms in total. The van der Waals surface area contributed by atoms with Crippen LogP contribution in [0.5, 0.6) is 5.75 Å². The topological polar surface area (TPSA) is 38.5 Å². The van der Waals surface area contributed by atoms with Crippen molar-refractivity contribution in [1.29, 1.82) is 0 Å². The number of hydrogen-bond donors (Lipinski definition) is 1. The second kappa shape index (κ2) is 7.09. The standard InChI is InChI=1S/C17H30N2O/c1-7-15(18)16(19(5)17(3,4)8-2)13-9-11-14(20-6)12-10-13/h9-12,15-16H,7-8,18H2,1-6H3. The summed E-state index contributed by atoms with van der Waals surface area (Å²) in [5, 5.41) is 0. The van der Waals surface area contributed by atoms with Crippen LogP contribution in [0, 0.1) is 0 Å². The maximum atomic E-state index is 6.40. The highest BCUT2D eigenvalue weighted by Gasteiger charge is 2.32. The van der Waals surface area contributed by atoms with Gasteiger partial charge in [0.05, 0.1) is 13.2 Å². The summed E-state index contributed by atoms with van der Waals surface area (Å²) in [5.41, 5.74) is 7.78. The summed E-state index contributed by atoms with van der Waals surface area (Å²) in [6.07, 6.45) is 2.05. The van der Waals surface area contributed by atoms with Gasteiger partial charge in [-0.2, -0.15) is 0 Å². The van der Waals surface area contributed by atoms with Crippen LogP contribution in [0.2, 0.25) is 0 Å². The van der Waals surface area contributed by atoms with Gasteiger partial charge in [0.2, 0.25) is 0 Å². The van der Waals surface area contributed by atoms with E-state index in [1.165, 1.54) is 5.56 Å². The quantitative estimate of drug-likeness (QED) is 0.828. The molecule has 1 rings (SSSR count). The fourth-order valence-electron chi connectivity index (χ4n) is 2.41. The van der Waals surface area contributed by atoms with Crippen molar-refractivity contribution in [2.24, 2.45) is 5.73 Å². The summed E-state index contributed by atoms with van der Waals surface area (Å²) in [7, 11) is 3.87. The van der Waals surface area contributed by atoms with Crippen LogP contribution in [-0.4, -0.2) is 30.6 Å². The molecule has 2 N–H and O–H groups in total. The summed E-state index contributed by atoms with van der Waals surface area (Å²) in [4.78, 5) is 2.41. The van der Waals surface area contributed by atoms with Crippen molar-refractivity contribution in [2.75, 3.05) is 14.2 Å². The van der Waals surface area contributed by atoms with E-state index >= 15 is 0 Å². The first-order valence-corrected chi connectivity index (χ1v) is 7.49. The molecule has 0 heterocycles. The molecular formula is C17H30N2O. The predicted octanol–water partition coefficient (Wildman–Crippen LogP) is 3.59. The van der Waals surface area contributed by atoms with Gasteiger partial charge in [-0.3, -0.25) is 4.90 Å². The first-order chi connectivity index (χ1) is 9.37. The van der Waals surface area contributed by atoms with E-state index in [0.717, 1.165) is 18.6 Å². The highest BCUT2D eigenvalue weighted by Crippen LogP contribution is 2.32. The van der Waals surface area contributed by atoms with E-state index in [1.807, 2.05) is 12.1 Å². The van der Waals surface area contributed by atoms with Gasteiger partial charge < -0.3 is 10.5 Å². The number of ether oxygens (including phenoxy) is 1. The number of nitrogens with zero attached hydrogens (tertiary/aromatic N) is 1. The Labute approximate surface area is 124 Å². The molecule has 0 fully saturated rings. The van der Waals surface area contributed by atoms with E-state index < -0.39 is 0 Å². The fraction of sp³-hybridized carbons (Fsp3) is 0.647. The smallest absolute Gasteiger partial charge is 0.118 e.